The monoisotopic (exact) mass is 396 g/mol. The fraction of sp³-hybridized carbons (Fsp3) is 0.438. The van der Waals surface area contributed by atoms with Gasteiger partial charge in [0.1, 0.15) is 6.04 Å². The lowest BCUT2D eigenvalue weighted by atomic mass is 10.0. The van der Waals surface area contributed by atoms with Crippen LogP contribution in [0.25, 0.3) is 0 Å². The van der Waals surface area contributed by atoms with Gasteiger partial charge in [0, 0.05) is 12.1 Å². The summed E-state index contributed by atoms with van der Waals surface area (Å²) >= 11 is 0. The first-order valence-electron chi connectivity index (χ1n) is 8.14. The van der Waals surface area contributed by atoms with Gasteiger partial charge in [-0.15, -0.1) is 0 Å². The summed E-state index contributed by atoms with van der Waals surface area (Å²) in [5, 5.41) is 26.3. The van der Waals surface area contributed by atoms with E-state index in [0.29, 0.717) is 6.42 Å². The lowest BCUT2D eigenvalue weighted by molar-refractivity contribution is -0.394. The number of non-ortho nitro benzene ring substituents is 2. The minimum Gasteiger partial charge on any atom is -0.467 e. The second kappa shape index (κ2) is 9.94. The maximum Gasteiger partial charge on any atom is 0.328 e. The van der Waals surface area contributed by atoms with Crippen LogP contribution >= 0.6 is 0 Å². The standard InChI is InChI=1S/C16H20N4O8/c1-9(2)4-13(16(23)28-3)18-14(21)8-17-15(22)10-5-11(19(24)25)7-12(6-10)20(26)27/h5-7,9,13H,4,8H2,1-3H3,(H,17,22)(H,18,21)/t13-/m0/s1. The molecule has 0 heterocycles. The van der Waals surface area contributed by atoms with Crippen molar-refractivity contribution in [1.29, 1.82) is 0 Å². The number of nitrogens with one attached hydrogen (secondary N) is 2. The van der Waals surface area contributed by atoms with Crippen LogP contribution in [0.3, 0.4) is 0 Å². The Balaban J connectivity index is 2.82. The summed E-state index contributed by atoms with van der Waals surface area (Å²) in [4.78, 5) is 55.8. The van der Waals surface area contributed by atoms with Gasteiger partial charge in [-0.05, 0) is 12.3 Å². The van der Waals surface area contributed by atoms with Gasteiger partial charge in [-0.1, -0.05) is 13.8 Å². The molecule has 1 rings (SSSR count). The van der Waals surface area contributed by atoms with E-state index >= 15 is 0 Å². The van der Waals surface area contributed by atoms with Crippen molar-refractivity contribution in [2.45, 2.75) is 26.3 Å². The third kappa shape index (κ3) is 6.63. The molecule has 0 saturated carbocycles. The third-order valence-electron chi connectivity index (χ3n) is 3.52. The van der Waals surface area contributed by atoms with Crippen molar-refractivity contribution in [2.75, 3.05) is 13.7 Å². The number of carbonyl (C=O) groups is 3. The number of nitro benzene ring substituents is 2. The molecule has 152 valence electrons. The number of methoxy groups -OCH3 is 1. The van der Waals surface area contributed by atoms with E-state index in [4.69, 9.17) is 0 Å². The Hall–Kier alpha value is -3.57. The van der Waals surface area contributed by atoms with E-state index < -0.39 is 51.6 Å². The molecule has 1 aromatic rings. The van der Waals surface area contributed by atoms with Gasteiger partial charge < -0.3 is 15.4 Å². The molecule has 0 spiro atoms. The number of nitro groups is 2. The SMILES string of the molecule is COC(=O)[C@H](CC(C)C)NC(=O)CNC(=O)c1cc([N+](=O)[O-])cc([N+](=O)[O-])c1. The normalized spacial score (nSPS) is 11.4. The van der Waals surface area contributed by atoms with Crippen LogP contribution in [0.1, 0.15) is 30.6 Å². The highest BCUT2D eigenvalue weighted by Crippen LogP contribution is 2.22. The van der Waals surface area contributed by atoms with E-state index in [0.717, 1.165) is 18.2 Å². The van der Waals surface area contributed by atoms with Crippen molar-refractivity contribution in [3.63, 3.8) is 0 Å². The molecular weight excluding hydrogens is 376 g/mol. The predicted molar refractivity (Wildman–Crippen MR) is 95.5 cm³/mol. The van der Waals surface area contributed by atoms with Crippen LogP contribution in [0, 0.1) is 26.1 Å². The maximum absolute atomic E-state index is 12.1. The number of hydrogen-bond acceptors (Lipinski definition) is 8. The van der Waals surface area contributed by atoms with Gasteiger partial charge in [0.25, 0.3) is 17.3 Å². The summed E-state index contributed by atoms with van der Waals surface area (Å²) < 4.78 is 4.61. The van der Waals surface area contributed by atoms with Crippen molar-refractivity contribution in [3.05, 3.63) is 44.0 Å². The number of esters is 1. The minimum atomic E-state index is -0.916. The van der Waals surface area contributed by atoms with E-state index in [-0.39, 0.29) is 11.5 Å². The van der Waals surface area contributed by atoms with Gasteiger partial charge in [-0.3, -0.25) is 29.8 Å². The molecule has 2 N–H and O–H groups in total. The van der Waals surface area contributed by atoms with Gasteiger partial charge >= 0.3 is 5.97 Å². The molecule has 12 nitrogen and oxygen atoms in total. The number of carbonyl (C=O) groups excluding carboxylic acids is 3. The maximum atomic E-state index is 12.1. The Bertz CT molecular complexity index is 761. The molecule has 1 atom stereocenters. The largest absolute Gasteiger partial charge is 0.467 e. The summed E-state index contributed by atoms with van der Waals surface area (Å²) in [5.41, 5.74) is -1.61. The molecule has 0 fully saturated rings. The average Bonchev–Trinajstić information content (AvgIpc) is 2.63. The first-order valence-corrected chi connectivity index (χ1v) is 8.14. The van der Waals surface area contributed by atoms with Crippen LogP contribution in [0.15, 0.2) is 18.2 Å². The number of amides is 2. The molecule has 0 radical (unpaired) electrons. The lowest BCUT2D eigenvalue weighted by Crippen LogP contribution is -2.46. The van der Waals surface area contributed by atoms with Crippen LogP contribution in [0.5, 0.6) is 0 Å². The third-order valence-corrected chi connectivity index (χ3v) is 3.52. The van der Waals surface area contributed by atoms with Gasteiger partial charge in [0.2, 0.25) is 5.91 Å². The Morgan fingerprint density at radius 2 is 1.61 bits per heavy atom. The van der Waals surface area contributed by atoms with Crippen molar-refractivity contribution >= 4 is 29.2 Å². The molecule has 0 saturated heterocycles. The lowest BCUT2D eigenvalue weighted by Gasteiger charge is -2.18. The second-order valence-electron chi connectivity index (χ2n) is 6.21. The molecule has 0 aliphatic heterocycles. The predicted octanol–water partition coefficient (Wildman–Crippen LogP) is 0.937. The summed E-state index contributed by atoms with van der Waals surface area (Å²) in [6, 6.07) is 1.54. The minimum absolute atomic E-state index is 0.0874. The highest BCUT2D eigenvalue weighted by Gasteiger charge is 2.24. The van der Waals surface area contributed by atoms with Crippen molar-refractivity contribution in [3.8, 4) is 0 Å². The Morgan fingerprint density at radius 3 is 2.04 bits per heavy atom. The van der Waals surface area contributed by atoms with Gasteiger partial charge in [-0.2, -0.15) is 0 Å². The highest BCUT2D eigenvalue weighted by molar-refractivity contribution is 5.98. The number of ether oxygens (including phenoxy) is 1. The topological polar surface area (TPSA) is 171 Å². The van der Waals surface area contributed by atoms with E-state index in [1.165, 1.54) is 7.11 Å². The number of benzene rings is 1. The second-order valence-corrected chi connectivity index (χ2v) is 6.21. The first kappa shape index (κ1) is 22.5. The van der Waals surface area contributed by atoms with Crippen molar-refractivity contribution < 1.29 is 29.0 Å². The number of rotatable bonds is 9. The number of hydrogen-bond donors (Lipinski definition) is 2. The molecule has 0 aliphatic carbocycles. The van der Waals surface area contributed by atoms with Crippen LogP contribution in [0.2, 0.25) is 0 Å². The van der Waals surface area contributed by atoms with Crippen molar-refractivity contribution in [1.82, 2.24) is 10.6 Å². The summed E-state index contributed by atoms with van der Waals surface area (Å²) in [7, 11) is 1.18. The Labute approximate surface area is 159 Å². The summed E-state index contributed by atoms with van der Waals surface area (Å²) in [5.74, 6) is -2.16. The fourth-order valence-corrected chi connectivity index (χ4v) is 2.27. The summed E-state index contributed by atoms with van der Waals surface area (Å²) in [6.07, 6.45) is 0.323. The number of nitrogens with zero attached hydrogens (tertiary/aromatic N) is 2. The smallest absolute Gasteiger partial charge is 0.328 e. The van der Waals surface area contributed by atoms with Gasteiger partial charge in [0.05, 0.1) is 35.1 Å². The van der Waals surface area contributed by atoms with E-state index in [1.807, 2.05) is 13.8 Å². The summed E-state index contributed by atoms with van der Waals surface area (Å²) in [6.45, 7) is 3.15. The Kier molecular flexibility index (Phi) is 7.98. The van der Waals surface area contributed by atoms with Crippen molar-refractivity contribution in [2.24, 2.45) is 5.92 Å². The molecule has 12 heteroatoms. The zero-order valence-electron chi connectivity index (χ0n) is 15.5. The Morgan fingerprint density at radius 1 is 1.07 bits per heavy atom. The van der Waals surface area contributed by atoms with Crippen LogP contribution in [-0.4, -0.2) is 47.3 Å². The van der Waals surface area contributed by atoms with Crippen LogP contribution in [-0.2, 0) is 14.3 Å². The molecule has 28 heavy (non-hydrogen) atoms. The fourth-order valence-electron chi connectivity index (χ4n) is 2.27. The molecule has 0 bridgehead atoms. The zero-order valence-corrected chi connectivity index (χ0v) is 15.5. The van der Waals surface area contributed by atoms with E-state index in [1.54, 1.807) is 0 Å². The van der Waals surface area contributed by atoms with E-state index in [9.17, 15) is 34.6 Å². The average molecular weight is 396 g/mol. The molecule has 0 aliphatic rings. The molecule has 0 aromatic heterocycles. The quantitative estimate of drug-likeness (QED) is 0.352. The zero-order chi connectivity index (χ0) is 21.4. The van der Waals surface area contributed by atoms with Crippen LogP contribution < -0.4 is 10.6 Å². The molecular formula is C16H20N4O8. The van der Waals surface area contributed by atoms with E-state index in [2.05, 4.69) is 15.4 Å². The molecule has 2 amide bonds. The van der Waals surface area contributed by atoms with Gasteiger partial charge in [-0.25, -0.2) is 4.79 Å². The molecule has 1 aromatic carbocycles. The van der Waals surface area contributed by atoms with Crippen LogP contribution in [0.4, 0.5) is 11.4 Å². The van der Waals surface area contributed by atoms with Gasteiger partial charge in [0.15, 0.2) is 0 Å². The first-order chi connectivity index (χ1) is 13.0. The highest BCUT2D eigenvalue weighted by atomic mass is 16.6. The molecule has 0 unspecified atom stereocenters.